The van der Waals surface area contributed by atoms with Crippen molar-refractivity contribution in [3.63, 3.8) is 0 Å². The molecule has 2 aromatic carbocycles. The summed E-state index contributed by atoms with van der Waals surface area (Å²) in [6.45, 7) is 0.236. The van der Waals surface area contributed by atoms with Gasteiger partial charge in [0, 0.05) is 0 Å². The Kier molecular flexibility index (Phi) is 3.57. The zero-order valence-corrected chi connectivity index (χ0v) is 12.2. The van der Waals surface area contributed by atoms with Gasteiger partial charge in [0.2, 0.25) is 0 Å². The smallest absolute Gasteiger partial charge is 0.372 e. The lowest BCUT2D eigenvalue weighted by molar-refractivity contribution is 0.425. The minimum atomic E-state index is -0.704. The number of fused-ring (bicyclic) bond motifs is 1. The summed E-state index contributed by atoms with van der Waals surface area (Å²) in [5.41, 5.74) is 0.663. The van der Waals surface area contributed by atoms with Gasteiger partial charge >= 0.3 is 11.4 Å². The zero-order chi connectivity index (χ0) is 15.0. The molecule has 0 amide bonds. The van der Waals surface area contributed by atoms with Crippen LogP contribution in [0.15, 0.2) is 56.5 Å². The Morgan fingerprint density at radius 1 is 1.00 bits per heavy atom. The van der Waals surface area contributed by atoms with Crippen LogP contribution in [-0.4, -0.2) is 4.57 Å². The predicted molar refractivity (Wildman–Crippen MR) is 82.3 cm³/mol. The first kappa shape index (κ1) is 13.9. The summed E-state index contributed by atoms with van der Waals surface area (Å²) in [7, 11) is 0. The van der Waals surface area contributed by atoms with E-state index in [1.165, 1.54) is 4.57 Å². The Balaban J connectivity index is 2.18. The monoisotopic (exact) mass is 321 g/mol. The van der Waals surface area contributed by atoms with Gasteiger partial charge in [-0.2, -0.15) is 0 Å². The number of para-hydroxylation sites is 1. The molecule has 3 aromatic rings. The van der Waals surface area contributed by atoms with E-state index in [0.717, 1.165) is 5.56 Å². The van der Waals surface area contributed by atoms with Crippen molar-refractivity contribution in [1.82, 2.24) is 4.57 Å². The van der Waals surface area contributed by atoms with Crippen LogP contribution in [0.3, 0.4) is 0 Å². The van der Waals surface area contributed by atoms with Crippen LogP contribution in [-0.2, 0) is 6.54 Å². The molecule has 1 heterocycles. The van der Waals surface area contributed by atoms with Gasteiger partial charge in [0.25, 0.3) is 0 Å². The van der Waals surface area contributed by atoms with E-state index in [4.69, 9.17) is 27.6 Å². The van der Waals surface area contributed by atoms with Gasteiger partial charge in [-0.15, -0.1) is 0 Å². The summed E-state index contributed by atoms with van der Waals surface area (Å²) in [6, 6.07) is 11.9. The first-order valence-corrected chi connectivity index (χ1v) is 6.88. The highest BCUT2D eigenvalue weighted by molar-refractivity contribution is 6.42. The van der Waals surface area contributed by atoms with Gasteiger partial charge in [0.1, 0.15) is 0 Å². The van der Waals surface area contributed by atoms with Gasteiger partial charge in [0.05, 0.1) is 27.5 Å². The molecule has 21 heavy (non-hydrogen) atoms. The summed E-state index contributed by atoms with van der Waals surface area (Å²) in [5.74, 6) is -0.704. The Hall–Kier alpha value is -2.04. The molecule has 0 spiro atoms. The number of nitrogens with zero attached hydrogens (tertiary/aromatic N) is 1. The summed E-state index contributed by atoms with van der Waals surface area (Å²) < 4.78 is 6.13. The van der Waals surface area contributed by atoms with Crippen molar-refractivity contribution in [2.45, 2.75) is 6.54 Å². The molecule has 0 saturated heterocycles. The van der Waals surface area contributed by atoms with Crippen LogP contribution in [0.2, 0.25) is 10.0 Å². The highest BCUT2D eigenvalue weighted by Crippen LogP contribution is 2.23. The zero-order valence-electron chi connectivity index (χ0n) is 10.7. The first-order chi connectivity index (χ1) is 10.1. The van der Waals surface area contributed by atoms with Crippen molar-refractivity contribution in [2.24, 2.45) is 0 Å². The average Bonchev–Trinajstić information content (AvgIpc) is 2.47. The fourth-order valence-corrected chi connectivity index (χ4v) is 2.46. The number of halogens is 2. The van der Waals surface area contributed by atoms with E-state index in [1.54, 1.807) is 42.5 Å². The van der Waals surface area contributed by atoms with E-state index >= 15 is 0 Å². The highest BCUT2D eigenvalue weighted by Gasteiger charge is 2.10. The highest BCUT2D eigenvalue weighted by atomic mass is 35.5. The van der Waals surface area contributed by atoms with Crippen LogP contribution in [0.5, 0.6) is 0 Å². The lowest BCUT2D eigenvalue weighted by Gasteiger charge is -2.09. The molecule has 0 fully saturated rings. The van der Waals surface area contributed by atoms with E-state index in [0.29, 0.717) is 20.9 Å². The molecule has 6 heteroatoms. The maximum absolute atomic E-state index is 11.9. The summed E-state index contributed by atoms with van der Waals surface area (Å²) >= 11 is 11.8. The van der Waals surface area contributed by atoms with Crippen LogP contribution < -0.4 is 11.4 Å². The number of aromatic nitrogens is 1. The van der Waals surface area contributed by atoms with Crippen molar-refractivity contribution in [1.29, 1.82) is 0 Å². The fourth-order valence-electron chi connectivity index (χ4n) is 2.14. The van der Waals surface area contributed by atoms with Gasteiger partial charge in [-0.25, -0.2) is 9.59 Å². The fraction of sp³-hybridized carbons (Fsp3) is 0.0667. The molecular weight excluding hydrogens is 313 g/mol. The first-order valence-electron chi connectivity index (χ1n) is 6.13. The lowest BCUT2D eigenvalue weighted by Crippen LogP contribution is -2.25. The number of rotatable bonds is 2. The summed E-state index contributed by atoms with van der Waals surface area (Å²) in [5, 5.41) is 1.21. The van der Waals surface area contributed by atoms with Crippen molar-refractivity contribution >= 4 is 34.1 Å². The number of hydrogen-bond acceptors (Lipinski definition) is 3. The normalized spacial score (nSPS) is 11.0. The molecule has 0 saturated carbocycles. The third-order valence-electron chi connectivity index (χ3n) is 3.14. The molecular formula is C15H9Cl2NO3. The summed E-state index contributed by atoms with van der Waals surface area (Å²) in [6.07, 6.45) is 0. The molecule has 3 rings (SSSR count). The molecule has 0 bridgehead atoms. The van der Waals surface area contributed by atoms with E-state index in [2.05, 4.69) is 0 Å². The lowest BCUT2D eigenvalue weighted by atomic mass is 10.2. The number of benzene rings is 2. The molecule has 0 aliphatic carbocycles. The molecule has 0 aliphatic heterocycles. The van der Waals surface area contributed by atoms with E-state index < -0.39 is 11.4 Å². The second kappa shape index (κ2) is 5.39. The van der Waals surface area contributed by atoms with E-state index in [-0.39, 0.29) is 6.54 Å². The molecule has 1 aromatic heterocycles. The Labute approximate surface area is 129 Å². The quantitative estimate of drug-likeness (QED) is 0.727. The van der Waals surface area contributed by atoms with Crippen LogP contribution in [0.4, 0.5) is 0 Å². The largest absolute Gasteiger partial charge is 0.422 e. The van der Waals surface area contributed by atoms with Crippen LogP contribution in [0.1, 0.15) is 5.56 Å². The van der Waals surface area contributed by atoms with E-state index in [1.807, 2.05) is 0 Å². The van der Waals surface area contributed by atoms with Crippen LogP contribution in [0, 0.1) is 0 Å². The van der Waals surface area contributed by atoms with Crippen molar-refractivity contribution in [2.75, 3.05) is 0 Å². The molecule has 0 aliphatic rings. The van der Waals surface area contributed by atoms with Gasteiger partial charge in [0.15, 0.2) is 0 Å². The number of hydrogen-bond donors (Lipinski definition) is 0. The molecule has 4 nitrogen and oxygen atoms in total. The minimum Gasteiger partial charge on any atom is -0.372 e. The molecule has 0 N–H and O–H groups in total. The van der Waals surface area contributed by atoms with E-state index in [9.17, 15) is 9.59 Å². The topological polar surface area (TPSA) is 52.2 Å². The predicted octanol–water partition coefficient (Wildman–Crippen LogP) is 3.31. The molecule has 0 radical (unpaired) electrons. The van der Waals surface area contributed by atoms with Gasteiger partial charge in [-0.05, 0) is 29.8 Å². The standard InChI is InChI=1S/C15H9Cl2NO3/c16-11-6-5-9(7-12(11)17)8-18-13-4-2-1-3-10(13)14(19)21-15(18)20/h1-7H,8H2. The van der Waals surface area contributed by atoms with Crippen molar-refractivity contribution in [3.05, 3.63) is 79.0 Å². The van der Waals surface area contributed by atoms with Crippen LogP contribution >= 0.6 is 23.2 Å². The second-order valence-electron chi connectivity index (χ2n) is 4.51. The maximum atomic E-state index is 11.9. The third-order valence-corrected chi connectivity index (χ3v) is 3.88. The molecule has 0 unspecified atom stereocenters. The summed E-state index contributed by atoms with van der Waals surface area (Å²) in [4.78, 5) is 23.6. The van der Waals surface area contributed by atoms with Gasteiger partial charge in [-0.3, -0.25) is 4.57 Å². The third kappa shape index (κ3) is 2.60. The Morgan fingerprint density at radius 3 is 2.52 bits per heavy atom. The van der Waals surface area contributed by atoms with Crippen molar-refractivity contribution < 1.29 is 4.42 Å². The van der Waals surface area contributed by atoms with Gasteiger partial charge in [-0.1, -0.05) is 41.4 Å². The SMILES string of the molecule is O=c1oc(=O)n(Cc2ccc(Cl)c(Cl)c2)c2ccccc12. The molecule has 0 atom stereocenters. The maximum Gasteiger partial charge on any atom is 0.422 e. The Bertz CT molecular complexity index is 944. The van der Waals surface area contributed by atoms with Crippen LogP contribution in [0.25, 0.3) is 10.9 Å². The molecule has 106 valence electrons. The minimum absolute atomic E-state index is 0.236. The Morgan fingerprint density at radius 2 is 1.76 bits per heavy atom. The second-order valence-corrected chi connectivity index (χ2v) is 5.32. The van der Waals surface area contributed by atoms with Gasteiger partial charge < -0.3 is 4.42 Å². The average molecular weight is 322 g/mol. The van der Waals surface area contributed by atoms with Crippen molar-refractivity contribution in [3.8, 4) is 0 Å².